The molecule has 0 atom stereocenters. The number of ether oxygens (including phenoxy) is 1. The molecule has 170 valence electrons. The van der Waals surface area contributed by atoms with Crippen molar-refractivity contribution in [2.75, 3.05) is 17.2 Å². The lowest BCUT2D eigenvalue weighted by molar-refractivity contribution is -0.274. The van der Waals surface area contributed by atoms with Crippen LogP contribution in [-0.4, -0.2) is 22.9 Å². The van der Waals surface area contributed by atoms with Crippen molar-refractivity contribution in [3.8, 4) is 17.0 Å². The van der Waals surface area contributed by atoms with Crippen molar-refractivity contribution in [3.05, 3.63) is 58.6 Å². The van der Waals surface area contributed by atoms with Crippen LogP contribution in [0, 0.1) is 0 Å². The molecule has 0 saturated heterocycles. The second-order valence-electron chi connectivity index (χ2n) is 6.39. The third-order valence-corrected chi connectivity index (χ3v) is 4.66. The van der Waals surface area contributed by atoms with Crippen molar-refractivity contribution in [1.29, 1.82) is 0 Å². The van der Waals surface area contributed by atoms with Crippen LogP contribution >= 0.6 is 15.9 Å². The van der Waals surface area contributed by atoms with Gasteiger partial charge in [0.1, 0.15) is 11.6 Å². The summed E-state index contributed by atoms with van der Waals surface area (Å²) in [6.45, 7) is 2.22. The summed E-state index contributed by atoms with van der Waals surface area (Å²) >= 11 is 2.88. The van der Waals surface area contributed by atoms with Crippen LogP contribution in [0.25, 0.3) is 11.3 Å². The third kappa shape index (κ3) is 6.25. The summed E-state index contributed by atoms with van der Waals surface area (Å²) in [6, 6.07) is 10.2. The Kier molecular flexibility index (Phi) is 6.82. The van der Waals surface area contributed by atoms with Crippen molar-refractivity contribution >= 4 is 33.4 Å². The van der Waals surface area contributed by atoms with Crippen LogP contribution in [0.3, 0.4) is 0 Å². The molecule has 5 nitrogen and oxygen atoms in total. The van der Waals surface area contributed by atoms with Gasteiger partial charge in [-0.05, 0) is 37.3 Å². The monoisotopic (exact) mass is 520 g/mol. The maximum atomic E-state index is 13.2. The lowest BCUT2D eigenvalue weighted by Crippen LogP contribution is -2.17. The highest BCUT2D eigenvalue weighted by Gasteiger charge is 2.33. The molecule has 0 aliphatic carbocycles. The summed E-state index contributed by atoms with van der Waals surface area (Å²) in [5.74, 6) is -0.151. The Labute approximate surface area is 187 Å². The molecular formula is C20H15BrF6N4O. The third-order valence-electron chi connectivity index (χ3n) is 3.97. The van der Waals surface area contributed by atoms with Crippen LogP contribution in [0.15, 0.2) is 53.0 Å². The molecule has 0 radical (unpaired) electrons. The average molecular weight is 521 g/mol. The van der Waals surface area contributed by atoms with E-state index >= 15 is 0 Å². The molecule has 12 heteroatoms. The van der Waals surface area contributed by atoms with E-state index in [4.69, 9.17) is 0 Å². The average Bonchev–Trinajstić information content (AvgIpc) is 2.67. The topological polar surface area (TPSA) is 59.1 Å². The van der Waals surface area contributed by atoms with Crippen LogP contribution < -0.4 is 15.4 Å². The number of hydrogen-bond acceptors (Lipinski definition) is 5. The Morgan fingerprint density at radius 1 is 0.969 bits per heavy atom. The normalized spacial score (nSPS) is 11.9. The molecule has 32 heavy (non-hydrogen) atoms. The van der Waals surface area contributed by atoms with Gasteiger partial charge in [-0.3, -0.25) is 0 Å². The Morgan fingerprint density at radius 3 is 2.38 bits per heavy atom. The first-order valence-electron chi connectivity index (χ1n) is 9.07. The minimum atomic E-state index is -4.86. The van der Waals surface area contributed by atoms with Gasteiger partial charge in [-0.15, -0.1) is 13.2 Å². The van der Waals surface area contributed by atoms with Gasteiger partial charge < -0.3 is 15.4 Å². The zero-order valence-corrected chi connectivity index (χ0v) is 17.9. The van der Waals surface area contributed by atoms with Gasteiger partial charge >= 0.3 is 12.5 Å². The number of halogens is 7. The minimum absolute atomic E-state index is 0.113. The van der Waals surface area contributed by atoms with Crippen LogP contribution in [-0.2, 0) is 6.18 Å². The Bertz CT molecular complexity index is 1100. The number of alkyl halides is 6. The van der Waals surface area contributed by atoms with Gasteiger partial charge in [0.15, 0.2) is 0 Å². The number of hydrogen-bond donors (Lipinski definition) is 2. The highest BCUT2D eigenvalue weighted by atomic mass is 79.9. The molecule has 0 aliphatic heterocycles. The summed E-state index contributed by atoms with van der Waals surface area (Å²) in [7, 11) is 0. The molecule has 0 amide bonds. The Hall–Kier alpha value is -3.02. The van der Waals surface area contributed by atoms with E-state index < -0.39 is 23.9 Å². The van der Waals surface area contributed by atoms with E-state index in [1.165, 1.54) is 30.3 Å². The molecule has 2 N–H and O–H groups in total. The van der Waals surface area contributed by atoms with E-state index in [2.05, 4.69) is 41.3 Å². The predicted molar refractivity (Wildman–Crippen MR) is 111 cm³/mol. The summed E-state index contributed by atoms with van der Waals surface area (Å²) in [5.41, 5.74) is -0.232. The first-order valence-corrected chi connectivity index (χ1v) is 9.87. The van der Waals surface area contributed by atoms with Crippen LogP contribution in [0.2, 0.25) is 0 Å². The maximum absolute atomic E-state index is 13.2. The molecule has 0 bridgehead atoms. The second-order valence-corrected chi connectivity index (χ2v) is 7.24. The number of nitrogens with zero attached hydrogens (tertiary/aromatic N) is 2. The molecular weight excluding hydrogens is 506 g/mol. The summed E-state index contributed by atoms with van der Waals surface area (Å²) in [5, 5.41) is 5.66. The van der Waals surface area contributed by atoms with Crippen molar-refractivity contribution in [1.82, 2.24) is 9.97 Å². The van der Waals surface area contributed by atoms with Crippen molar-refractivity contribution in [2.24, 2.45) is 0 Å². The fraction of sp³-hybridized carbons (Fsp3) is 0.200. The number of aromatic nitrogens is 2. The Morgan fingerprint density at radius 2 is 1.72 bits per heavy atom. The lowest BCUT2D eigenvalue weighted by atomic mass is 10.1. The Balaban J connectivity index is 1.98. The van der Waals surface area contributed by atoms with Crippen molar-refractivity contribution in [2.45, 2.75) is 19.5 Å². The SMILES string of the molecule is CCNc1nc(Nc2ccc(Br)c(C(F)(F)F)c2)cc(-c2cccc(OC(F)(F)F)c2)n1. The van der Waals surface area contributed by atoms with Crippen molar-refractivity contribution < 1.29 is 31.1 Å². The zero-order valence-electron chi connectivity index (χ0n) is 16.3. The smallest absolute Gasteiger partial charge is 0.406 e. The zero-order chi connectivity index (χ0) is 23.5. The minimum Gasteiger partial charge on any atom is -0.406 e. The molecule has 2 aromatic carbocycles. The molecule has 3 rings (SSSR count). The van der Waals surface area contributed by atoms with Crippen LogP contribution in [0.4, 0.5) is 43.8 Å². The number of rotatable bonds is 6. The molecule has 1 aromatic heterocycles. The first kappa shape index (κ1) is 23.6. The largest absolute Gasteiger partial charge is 0.573 e. The standard InChI is InChI=1S/C20H15BrF6N4O/c1-2-28-18-30-16(11-4-3-5-13(8-11)32-20(25,26)27)10-17(31-18)29-12-6-7-15(21)14(9-12)19(22,23)24/h3-10H,2H2,1H3,(H2,28,29,30,31). The van der Waals surface area contributed by atoms with Gasteiger partial charge in [0.25, 0.3) is 0 Å². The van der Waals surface area contributed by atoms with E-state index in [0.717, 1.165) is 18.2 Å². The molecule has 0 fully saturated rings. The molecule has 0 saturated carbocycles. The van der Waals surface area contributed by atoms with Gasteiger partial charge in [-0.2, -0.15) is 18.2 Å². The van der Waals surface area contributed by atoms with Crippen molar-refractivity contribution in [3.63, 3.8) is 0 Å². The number of nitrogens with one attached hydrogen (secondary N) is 2. The predicted octanol–water partition coefficient (Wildman–Crippen LogP) is 7.00. The molecule has 0 spiro atoms. The quantitative estimate of drug-likeness (QED) is 0.342. The first-order chi connectivity index (χ1) is 14.9. The van der Waals surface area contributed by atoms with E-state index in [0.29, 0.717) is 12.1 Å². The maximum Gasteiger partial charge on any atom is 0.573 e. The number of anilines is 3. The van der Waals surface area contributed by atoms with E-state index in [9.17, 15) is 26.3 Å². The molecule has 1 heterocycles. The van der Waals surface area contributed by atoms with Gasteiger partial charge in [0, 0.05) is 28.3 Å². The van der Waals surface area contributed by atoms with Crippen LogP contribution in [0.1, 0.15) is 12.5 Å². The lowest BCUT2D eigenvalue weighted by Gasteiger charge is -2.14. The van der Waals surface area contributed by atoms with Gasteiger partial charge in [0.2, 0.25) is 5.95 Å². The molecule has 0 aliphatic rings. The fourth-order valence-electron chi connectivity index (χ4n) is 2.72. The van der Waals surface area contributed by atoms with Gasteiger partial charge in [0.05, 0.1) is 11.3 Å². The summed E-state index contributed by atoms with van der Waals surface area (Å²) in [6.07, 6.45) is -9.43. The molecule has 0 unspecified atom stereocenters. The highest BCUT2D eigenvalue weighted by Crippen LogP contribution is 2.37. The highest BCUT2D eigenvalue weighted by molar-refractivity contribution is 9.10. The van der Waals surface area contributed by atoms with Crippen LogP contribution in [0.5, 0.6) is 5.75 Å². The fourth-order valence-corrected chi connectivity index (χ4v) is 3.19. The summed E-state index contributed by atoms with van der Waals surface area (Å²) < 4.78 is 81.0. The van der Waals surface area contributed by atoms with Gasteiger partial charge in [-0.1, -0.05) is 28.1 Å². The van der Waals surface area contributed by atoms with E-state index in [-0.39, 0.29) is 27.6 Å². The molecule has 3 aromatic rings. The second kappa shape index (κ2) is 9.23. The summed E-state index contributed by atoms with van der Waals surface area (Å²) in [4.78, 5) is 8.46. The van der Waals surface area contributed by atoms with E-state index in [1.54, 1.807) is 6.92 Å². The van der Waals surface area contributed by atoms with E-state index in [1.807, 2.05) is 0 Å². The van der Waals surface area contributed by atoms with Gasteiger partial charge in [-0.25, -0.2) is 4.98 Å². The number of benzene rings is 2.